The maximum Gasteiger partial charge on any atom is 0.326 e. The zero-order chi connectivity index (χ0) is 35.4. The van der Waals surface area contributed by atoms with Gasteiger partial charge in [-0.2, -0.15) is 0 Å². The number of unbranched alkanes of at least 4 members (excludes halogenated alkanes) is 4. The van der Waals surface area contributed by atoms with Crippen molar-refractivity contribution in [2.75, 3.05) is 6.61 Å². The van der Waals surface area contributed by atoms with Crippen molar-refractivity contribution in [1.82, 2.24) is 20.6 Å². The Kier molecular flexibility index (Phi) is 13.5. The van der Waals surface area contributed by atoms with E-state index in [0.717, 1.165) is 45.9 Å². The SMILES string of the molecule is CCCCCCCOc1ccc(-c2cnc(-c3ccc(C[C@H](NC(=O)c4ccc(C(C)(C)C)s4)C(=O)NC(CC)C(=O)O)cc3)nc2)cc1. The summed E-state index contributed by atoms with van der Waals surface area (Å²) in [6.45, 7) is 10.8. The van der Waals surface area contributed by atoms with Crippen LogP contribution in [0.2, 0.25) is 0 Å². The van der Waals surface area contributed by atoms with E-state index in [1.54, 1.807) is 25.4 Å². The molecule has 2 atom stereocenters. The number of nitrogens with zero attached hydrogens (tertiary/aromatic N) is 2. The van der Waals surface area contributed by atoms with Gasteiger partial charge in [0, 0.05) is 34.8 Å². The van der Waals surface area contributed by atoms with Gasteiger partial charge in [-0.15, -0.1) is 11.3 Å². The van der Waals surface area contributed by atoms with E-state index in [4.69, 9.17) is 4.74 Å². The fourth-order valence-corrected chi connectivity index (χ4v) is 6.17. The molecule has 2 aromatic heterocycles. The van der Waals surface area contributed by atoms with Gasteiger partial charge in [-0.25, -0.2) is 14.8 Å². The third kappa shape index (κ3) is 11.0. The van der Waals surface area contributed by atoms with Crippen LogP contribution in [0.15, 0.2) is 73.1 Å². The molecule has 0 aliphatic rings. The van der Waals surface area contributed by atoms with Gasteiger partial charge in [-0.05, 0) is 53.6 Å². The molecule has 0 aliphatic carbocycles. The monoisotopic (exact) mass is 684 g/mol. The number of carboxylic acids is 1. The van der Waals surface area contributed by atoms with Crippen molar-refractivity contribution in [1.29, 1.82) is 0 Å². The Labute approximate surface area is 293 Å². The van der Waals surface area contributed by atoms with E-state index in [9.17, 15) is 19.5 Å². The van der Waals surface area contributed by atoms with Gasteiger partial charge in [0.2, 0.25) is 5.91 Å². The Morgan fingerprint density at radius 1 is 0.796 bits per heavy atom. The van der Waals surface area contributed by atoms with Crippen LogP contribution in [0.3, 0.4) is 0 Å². The summed E-state index contributed by atoms with van der Waals surface area (Å²) in [5, 5.41) is 14.9. The van der Waals surface area contributed by atoms with Crippen LogP contribution >= 0.6 is 11.3 Å². The maximum absolute atomic E-state index is 13.3. The highest BCUT2D eigenvalue weighted by molar-refractivity contribution is 7.14. The van der Waals surface area contributed by atoms with Crippen LogP contribution in [0, 0.1) is 0 Å². The molecule has 2 amide bonds. The molecule has 49 heavy (non-hydrogen) atoms. The van der Waals surface area contributed by atoms with Gasteiger partial charge in [0.05, 0.1) is 11.5 Å². The number of rotatable bonds is 17. The minimum atomic E-state index is -1.13. The average molecular weight is 685 g/mol. The smallest absolute Gasteiger partial charge is 0.326 e. The summed E-state index contributed by atoms with van der Waals surface area (Å²) < 4.78 is 5.89. The molecule has 0 saturated carbocycles. The van der Waals surface area contributed by atoms with Gasteiger partial charge in [-0.1, -0.05) is 96.7 Å². The Bertz CT molecular complexity index is 1660. The molecule has 4 rings (SSSR count). The molecule has 0 radical (unpaired) electrons. The molecule has 9 nitrogen and oxygen atoms in total. The maximum atomic E-state index is 13.3. The van der Waals surface area contributed by atoms with E-state index in [2.05, 4.69) is 48.3 Å². The van der Waals surface area contributed by atoms with Gasteiger partial charge in [0.25, 0.3) is 5.91 Å². The van der Waals surface area contributed by atoms with E-state index < -0.39 is 24.0 Å². The van der Waals surface area contributed by atoms with Crippen LogP contribution in [0.4, 0.5) is 0 Å². The number of thiophene rings is 1. The predicted octanol–water partition coefficient (Wildman–Crippen LogP) is 7.84. The molecular formula is C39H48N4O5S. The van der Waals surface area contributed by atoms with Crippen LogP contribution in [0.25, 0.3) is 22.5 Å². The lowest BCUT2D eigenvalue weighted by atomic mass is 9.95. The highest BCUT2D eigenvalue weighted by Crippen LogP contribution is 2.29. The lowest BCUT2D eigenvalue weighted by molar-refractivity contribution is -0.142. The molecule has 0 saturated heterocycles. The van der Waals surface area contributed by atoms with E-state index in [-0.39, 0.29) is 24.2 Å². The number of amides is 2. The number of nitrogens with one attached hydrogen (secondary N) is 2. The van der Waals surface area contributed by atoms with Crippen molar-refractivity contribution < 1.29 is 24.2 Å². The fourth-order valence-electron chi connectivity index (χ4n) is 5.20. The second-order valence-electron chi connectivity index (χ2n) is 13.2. The van der Waals surface area contributed by atoms with Crippen LogP contribution in [-0.4, -0.2) is 51.5 Å². The molecular weight excluding hydrogens is 637 g/mol. The molecule has 0 bridgehead atoms. The molecule has 260 valence electrons. The van der Waals surface area contributed by atoms with E-state index in [1.165, 1.54) is 37.0 Å². The molecule has 2 aromatic carbocycles. The standard InChI is InChI=1S/C39H48N4O5S/c1-6-8-9-10-11-22-48-30-18-16-27(17-19-30)29-24-40-35(41-25-29)28-14-12-26(13-15-28)23-32(36(44)42-31(7-2)38(46)47)43-37(45)33-20-21-34(49-33)39(3,4)5/h12-21,24-25,31-32H,6-11,22-23H2,1-5H3,(H,42,44)(H,43,45)(H,46,47)/t31?,32-/m0/s1. The number of benzene rings is 2. The summed E-state index contributed by atoms with van der Waals surface area (Å²) in [5.74, 6) is -0.654. The number of aromatic nitrogens is 2. The molecule has 1 unspecified atom stereocenters. The Hall–Kier alpha value is -4.57. The molecule has 2 heterocycles. The molecule has 0 spiro atoms. The van der Waals surface area contributed by atoms with E-state index >= 15 is 0 Å². The largest absolute Gasteiger partial charge is 0.494 e. The third-order valence-corrected chi connectivity index (χ3v) is 9.73. The lowest BCUT2D eigenvalue weighted by Crippen LogP contribution is -2.52. The van der Waals surface area contributed by atoms with Crippen molar-refractivity contribution in [3.63, 3.8) is 0 Å². The summed E-state index contributed by atoms with van der Waals surface area (Å²) >= 11 is 1.38. The predicted molar refractivity (Wildman–Crippen MR) is 195 cm³/mol. The molecule has 3 N–H and O–H groups in total. The first kappa shape index (κ1) is 37.3. The first-order valence-corrected chi connectivity index (χ1v) is 17.9. The third-order valence-electron chi connectivity index (χ3n) is 8.22. The minimum absolute atomic E-state index is 0.116. The number of aliphatic carboxylic acids is 1. The number of hydrogen-bond donors (Lipinski definition) is 3. The normalized spacial score (nSPS) is 12.6. The molecule has 0 aliphatic heterocycles. The Balaban J connectivity index is 1.41. The molecule has 10 heteroatoms. The molecule has 4 aromatic rings. The van der Waals surface area contributed by atoms with Gasteiger partial charge < -0.3 is 20.5 Å². The number of carbonyl (C=O) groups excluding carboxylic acids is 2. The van der Waals surface area contributed by atoms with Crippen LogP contribution < -0.4 is 15.4 Å². The Morgan fingerprint density at radius 2 is 1.45 bits per heavy atom. The topological polar surface area (TPSA) is 131 Å². The van der Waals surface area contributed by atoms with Crippen LogP contribution in [-0.2, 0) is 21.4 Å². The van der Waals surface area contributed by atoms with Crippen molar-refractivity contribution in [3.8, 4) is 28.3 Å². The summed E-state index contributed by atoms with van der Waals surface area (Å²) in [5.41, 5.74) is 3.36. The van der Waals surface area contributed by atoms with Crippen molar-refractivity contribution >= 4 is 29.1 Å². The van der Waals surface area contributed by atoms with Gasteiger partial charge in [-0.3, -0.25) is 9.59 Å². The first-order chi connectivity index (χ1) is 23.5. The summed E-state index contributed by atoms with van der Waals surface area (Å²) in [7, 11) is 0. The van der Waals surface area contributed by atoms with Gasteiger partial charge >= 0.3 is 5.97 Å². The second-order valence-corrected chi connectivity index (χ2v) is 14.3. The number of ether oxygens (including phenoxy) is 1. The van der Waals surface area contributed by atoms with E-state index in [1.807, 2.05) is 54.6 Å². The zero-order valence-corrected chi connectivity index (χ0v) is 29.9. The summed E-state index contributed by atoms with van der Waals surface area (Å²) in [6, 6.07) is 17.0. The second kappa shape index (κ2) is 17.7. The highest BCUT2D eigenvalue weighted by atomic mass is 32.1. The Morgan fingerprint density at radius 3 is 2.04 bits per heavy atom. The summed E-state index contributed by atoms with van der Waals surface area (Å²) in [6.07, 6.45) is 9.98. The van der Waals surface area contributed by atoms with Crippen molar-refractivity contribution in [3.05, 3.63) is 88.4 Å². The van der Waals surface area contributed by atoms with Crippen molar-refractivity contribution in [2.24, 2.45) is 0 Å². The van der Waals surface area contributed by atoms with Crippen LogP contribution in [0.1, 0.15) is 93.3 Å². The van der Waals surface area contributed by atoms with Crippen molar-refractivity contribution in [2.45, 2.75) is 97.1 Å². The summed E-state index contributed by atoms with van der Waals surface area (Å²) in [4.78, 5) is 48.8. The highest BCUT2D eigenvalue weighted by Gasteiger charge is 2.27. The van der Waals surface area contributed by atoms with E-state index in [0.29, 0.717) is 10.7 Å². The van der Waals surface area contributed by atoms with Gasteiger partial charge in [0.15, 0.2) is 5.82 Å². The number of hydrogen-bond acceptors (Lipinski definition) is 7. The molecule has 0 fully saturated rings. The fraction of sp³-hybridized carbons (Fsp3) is 0.410. The quantitative estimate of drug-likeness (QED) is 0.0966. The average Bonchev–Trinajstić information content (AvgIpc) is 3.61. The number of carboxylic acid groups (broad SMARTS) is 1. The van der Waals surface area contributed by atoms with Gasteiger partial charge in [0.1, 0.15) is 17.8 Å². The van der Waals surface area contributed by atoms with Crippen LogP contribution in [0.5, 0.6) is 5.75 Å². The first-order valence-electron chi connectivity index (χ1n) is 17.1. The lowest BCUT2D eigenvalue weighted by Gasteiger charge is -2.21. The zero-order valence-electron chi connectivity index (χ0n) is 29.1. The minimum Gasteiger partial charge on any atom is -0.494 e. The number of carbonyl (C=O) groups is 3.